The van der Waals surface area contributed by atoms with E-state index in [4.69, 9.17) is 5.73 Å². The molecule has 2 aromatic carbocycles. The molecule has 0 saturated heterocycles. The number of amides is 2. The molecule has 0 saturated carbocycles. The molecule has 0 fully saturated rings. The van der Waals surface area contributed by atoms with E-state index in [0.717, 1.165) is 17.7 Å². The second-order valence-electron chi connectivity index (χ2n) is 6.14. The van der Waals surface area contributed by atoms with Gasteiger partial charge in [0.25, 0.3) is 5.91 Å². The van der Waals surface area contributed by atoms with Gasteiger partial charge in [0.05, 0.1) is 11.6 Å². The van der Waals surface area contributed by atoms with Crippen LogP contribution in [0.1, 0.15) is 42.2 Å². The lowest BCUT2D eigenvalue weighted by molar-refractivity contribution is -0.117. The molecule has 0 aliphatic carbocycles. The molecular weight excluding hydrogens is 302 g/mol. The van der Waals surface area contributed by atoms with Crippen LogP contribution in [-0.4, -0.2) is 17.9 Å². The van der Waals surface area contributed by atoms with Crippen molar-refractivity contribution in [3.8, 4) is 0 Å². The quantitative estimate of drug-likeness (QED) is 0.911. The molecule has 124 valence electrons. The summed E-state index contributed by atoms with van der Waals surface area (Å²) in [6, 6.07) is 15.2. The fraction of sp³-hybridized carbons (Fsp3) is 0.263. The fourth-order valence-electron chi connectivity index (χ4n) is 3.44. The minimum absolute atomic E-state index is 0.00676. The van der Waals surface area contributed by atoms with Crippen LogP contribution in [0.25, 0.3) is 0 Å². The average Bonchev–Trinajstić information content (AvgIpc) is 2.54. The Morgan fingerprint density at radius 1 is 1.12 bits per heavy atom. The summed E-state index contributed by atoms with van der Waals surface area (Å²) in [5.74, 6) is -0.424. The summed E-state index contributed by atoms with van der Waals surface area (Å²) in [6.45, 7) is 3.62. The van der Waals surface area contributed by atoms with E-state index in [1.807, 2.05) is 48.2 Å². The van der Waals surface area contributed by atoms with Crippen molar-refractivity contribution in [1.82, 2.24) is 0 Å². The number of fused-ring (bicyclic) bond motifs is 1. The topological polar surface area (TPSA) is 75.4 Å². The standard InChI is InChI=1S/C19H21N3O2/c1-12-11-17(21-16-9-5-3-8-15(16)19(20)24)14-7-4-6-10-18(14)22(12)13(2)23/h3-10,12,17,21H,11H2,1-2H3,(H2,20,24)/t12-,17+/m0/s1. The Bertz CT molecular complexity index is 788. The molecule has 0 bridgehead atoms. The lowest BCUT2D eigenvalue weighted by Crippen LogP contribution is -2.43. The summed E-state index contributed by atoms with van der Waals surface area (Å²) < 4.78 is 0. The molecule has 0 aromatic heterocycles. The zero-order valence-corrected chi connectivity index (χ0v) is 13.8. The van der Waals surface area contributed by atoms with Crippen LogP contribution in [0.5, 0.6) is 0 Å². The van der Waals surface area contributed by atoms with Gasteiger partial charge >= 0.3 is 0 Å². The molecule has 0 radical (unpaired) electrons. The normalized spacial score (nSPS) is 19.5. The van der Waals surface area contributed by atoms with Gasteiger partial charge in [0, 0.05) is 24.3 Å². The number of nitrogens with one attached hydrogen (secondary N) is 1. The Morgan fingerprint density at radius 3 is 2.50 bits per heavy atom. The van der Waals surface area contributed by atoms with Crippen molar-refractivity contribution in [3.05, 3.63) is 59.7 Å². The number of carbonyl (C=O) groups is 2. The fourth-order valence-corrected chi connectivity index (χ4v) is 3.44. The van der Waals surface area contributed by atoms with Crippen molar-refractivity contribution in [1.29, 1.82) is 0 Å². The highest BCUT2D eigenvalue weighted by molar-refractivity contribution is 5.98. The van der Waals surface area contributed by atoms with Gasteiger partial charge in [-0.3, -0.25) is 9.59 Å². The van der Waals surface area contributed by atoms with Gasteiger partial charge in [0.2, 0.25) is 5.91 Å². The van der Waals surface area contributed by atoms with Crippen LogP contribution in [0.15, 0.2) is 48.5 Å². The monoisotopic (exact) mass is 323 g/mol. The highest BCUT2D eigenvalue weighted by Gasteiger charge is 2.32. The van der Waals surface area contributed by atoms with E-state index in [1.165, 1.54) is 0 Å². The molecule has 3 N–H and O–H groups in total. The van der Waals surface area contributed by atoms with Crippen LogP contribution in [-0.2, 0) is 4.79 Å². The first-order chi connectivity index (χ1) is 11.5. The third-order valence-corrected chi connectivity index (χ3v) is 4.45. The number of hydrogen-bond acceptors (Lipinski definition) is 3. The second-order valence-corrected chi connectivity index (χ2v) is 6.14. The molecule has 2 aromatic rings. The number of anilines is 2. The second kappa shape index (κ2) is 6.35. The summed E-state index contributed by atoms with van der Waals surface area (Å²) in [6.07, 6.45) is 0.754. The van der Waals surface area contributed by atoms with Crippen LogP contribution in [0.4, 0.5) is 11.4 Å². The highest BCUT2D eigenvalue weighted by Crippen LogP contribution is 2.39. The van der Waals surface area contributed by atoms with Gasteiger partial charge in [-0.15, -0.1) is 0 Å². The molecule has 2 atom stereocenters. The van der Waals surface area contributed by atoms with Crippen LogP contribution in [0.3, 0.4) is 0 Å². The van der Waals surface area contributed by atoms with E-state index in [-0.39, 0.29) is 18.0 Å². The molecule has 1 aliphatic rings. The molecule has 0 spiro atoms. The third kappa shape index (κ3) is 2.85. The lowest BCUT2D eigenvalue weighted by Gasteiger charge is -2.39. The Balaban J connectivity index is 2.00. The maximum Gasteiger partial charge on any atom is 0.250 e. The van der Waals surface area contributed by atoms with Gasteiger partial charge < -0.3 is 16.0 Å². The SMILES string of the molecule is CC(=O)N1c2ccccc2[C@H](Nc2ccccc2C(N)=O)C[C@@H]1C. The van der Waals surface area contributed by atoms with Crippen LogP contribution in [0, 0.1) is 0 Å². The zero-order chi connectivity index (χ0) is 17.3. The Kier molecular flexibility index (Phi) is 4.25. The summed E-state index contributed by atoms with van der Waals surface area (Å²) in [4.78, 5) is 25.5. The van der Waals surface area contributed by atoms with Crippen molar-refractivity contribution in [3.63, 3.8) is 0 Å². The Hall–Kier alpha value is -2.82. The minimum Gasteiger partial charge on any atom is -0.377 e. The molecule has 1 heterocycles. The third-order valence-electron chi connectivity index (χ3n) is 4.45. The minimum atomic E-state index is -0.458. The molecule has 1 aliphatic heterocycles. The molecule has 5 heteroatoms. The van der Waals surface area contributed by atoms with Gasteiger partial charge in [-0.25, -0.2) is 0 Å². The zero-order valence-electron chi connectivity index (χ0n) is 13.8. The highest BCUT2D eigenvalue weighted by atomic mass is 16.2. The summed E-state index contributed by atoms with van der Waals surface area (Å²) in [7, 11) is 0. The molecular formula is C19H21N3O2. The number of nitrogens with zero attached hydrogens (tertiary/aromatic N) is 1. The van der Waals surface area contributed by atoms with E-state index in [0.29, 0.717) is 11.3 Å². The summed E-state index contributed by atoms with van der Waals surface area (Å²) in [5, 5.41) is 3.44. The van der Waals surface area contributed by atoms with Crippen molar-refractivity contribution >= 4 is 23.2 Å². The van der Waals surface area contributed by atoms with Gasteiger partial charge in [0.1, 0.15) is 0 Å². The van der Waals surface area contributed by atoms with Crippen molar-refractivity contribution < 1.29 is 9.59 Å². The maximum absolute atomic E-state index is 12.0. The molecule has 0 unspecified atom stereocenters. The van der Waals surface area contributed by atoms with Crippen LogP contribution in [0.2, 0.25) is 0 Å². The van der Waals surface area contributed by atoms with E-state index >= 15 is 0 Å². The average molecular weight is 323 g/mol. The number of benzene rings is 2. The van der Waals surface area contributed by atoms with Gasteiger partial charge in [-0.1, -0.05) is 30.3 Å². The largest absolute Gasteiger partial charge is 0.377 e. The first kappa shape index (κ1) is 16.1. The van der Waals surface area contributed by atoms with Crippen LogP contribution >= 0.6 is 0 Å². The Labute approximate surface area is 141 Å². The smallest absolute Gasteiger partial charge is 0.250 e. The van der Waals surface area contributed by atoms with Crippen molar-refractivity contribution in [2.45, 2.75) is 32.4 Å². The Morgan fingerprint density at radius 2 is 1.79 bits per heavy atom. The van der Waals surface area contributed by atoms with Gasteiger partial charge in [-0.2, -0.15) is 0 Å². The van der Waals surface area contributed by atoms with E-state index < -0.39 is 5.91 Å². The first-order valence-corrected chi connectivity index (χ1v) is 8.03. The predicted octanol–water partition coefficient (Wildman–Crippen LogP) is 3.08. The molecule has 24 heavy (non-hydrogen) atoms. The summed E-state index contributed by atoms with van der Waals surface area (Å²) in [5.41, 5.74) is 8.62. The lowest BCUT2D eigenvalue weighted by atomic mass is 9.91. The number of primary amides is 1. The van der Waals surface area contributed by atoms with Crippen molar-refractivity contribution in [2.75, 3.05) is 10.2 Å². The van der Waals surface area contributed by atoms with Crippen LogP contribution < -0.4 is 16.0 Å². The maximum atomic E-state index is 12.0. The number of rotatable bonds is 3. The van der Waals surface area contributed by atoms with E-state index in [1.54, 1.807) is 19.1 Å². The number of nitrogens with two attached hydrogens (primary N) is 1. The van der Waals surface area contributed by atoms with E-state index in [2.05, 4.69) is 5.32 Å². The molecule has 5 nitrogen and oxygen atoms in total. The summed E-state index contributed by atoms with van der Waals surface area (Å²) >= 11 is 0. The van der Waals surface area contributed by atoms with E-state index in [9.17, 15) is 9.59 Å². The van der Waals surface area contributed by atoms with Gasteiger partial charge in [-0.05, 0) is 37.1 Å². The number of carbonyl (C=O) groups excluding carboxylic acids is 2. The predicted molar refractivity (Wildman–Crippen MR) is 95.0 cm³/mol. The van der Waals surface area contributed by atoms with Crippen molar-refractivity contribution in [2.24, 2.45) is 5.73 Å². The number of hydrogen-bond donors (Lipinski definition) is 2. The molecule has 2 amide bonds. The number of para-hydroxylation sites is 2. The first-order valence-electron chi connectivity index (χ1n) is 8.03. The molecule has 3 rings (SSSR count). The van der Waals surface area contributed by atoms with Gasteiger partial charge in [0.15, 0.2) is 0 Å².